The number of halogens is 2. The monoisotopic (exact) mass is 358 g/mol. The number of nitrogens with one attached hydrogen (secondary N) is 1. The molecular weight excluding hydrogens is 343 g/mol. The van der Waals surface area contributed by atoms with E-state index in [4.69, 9.17) is 16.9 Å². The molecule has 1 aliphatic heterocycles. The fourth-order valence-corrected chi connectivity index (χ4v) is 2.89. The van der Waals surface area contributed by atoms with E-state index in [-0.39, 0.29) is 11.1 Å². The summed E-state index contributed by atoms with van der Waals surface area (Å²) in [5, 5.41) is 11.8. The standard InChI is InChI=1S/C18H16ClFN4O/c19-16-11-15(4-5-17(16)20)23-6-8-24(9-7-23)18(25)22-14-3-1-2-13(10-14)12-21/h1-5,10-11H,6-9H2,(H,22,25). The van der Waals surface area contributed by atoms with Crippen LogP contribution in [0.25, 0.3) is 0 Å². The first-order chi connectivity index (χ1) is 12.1. The van der Waals surface area contributed by atoms with E-state index in [9.17, 15) is 9.18 Å². The van der Waals surface area contributed by atoms with Gasteiger partial charge >= 0.3 is 6.03 Å². The number of carbonyl (C=O) groups excluding carboxylic acids is 1. The third-order valence-electron chi connectivity index (χ3n) is 4.08. The molecule has 2 aromatic rings. The van der Waals surface area contributed by atoms with Crippen molar-refractivity contribution in [1.82, 2.24) is 4.90 Å². The van der Waals surface area contributed by atoms with Gasteiger partial charge < -0.3 is 15.1 Å². The number of urea groups is 1. The van der Waals surface area contributed by atoms with E-state index in [1.165, 1.54) is 6.07 Å². The summed E-state index contributed by atoms with van der Waals surface area (Å²) >= 11 is 5.83. The van der Waals surface area contributed by atoms with Crippen molar-refractivity contribution in [3.05, 3.63) is 58.9 Å². The van der Waals surface area contributed by atoms with Gasteiger partial charge in [-0.15, -0.1) is 0 Å². The number of piperazine rings is 1. The number of amides is 2. The summed E-state index contributed by atoms with van der Waals surface area (Å²) in [5.41, 5.74) is 1.93. The summed E-state index contributed by atoms with van der Waals surface area (Å²) in [6.07, 6.45) is 0. The number of benzene rings is 2. The summed E-state index contributed by atoms with van der Waals surface area (Å²) in [6.45, 7) is 2.35. The number of anilines is 2. The van der Waals surface area contributed by atoms with Gasteiger partial charge in [0.1, 0.15) is 5.82 Å². The minimum absolute atomic E-state index is 0.0926. The van der Waals surface area contributed by atoms with Crippen molar-refractivity contribution < 1.29 is 9.18 Å². The van der Waals surface area contributed by atoms with Crippen molar-refractivity contribution in [2.45, 2.75) is 0 Å². The summed E-state index contributed by atoms with van der Waals surface area (Å²) in [5.74, 6) is -0.442. The molecule has 0 unspecified atom stereocenters. The van der Waals surface area contributed by atoms with Gasteiger partial charge in [0, 0.05) is 37.6 Å². The molecule has 0 aromatic heterocycles. The Balaban J connectivity index is 1.58. The number of hydrogen-bond acceptors (Lipinski definition) is 3. The summed E-state index contributed by atoms with van der Waals surface area (Å²) in [6, 6.07) is 13.3. The molecule has 1 N–H and O–H groups in total. The second kappa shape index (κ2) is 7.41. The van der Waals surface area contributed by atoms with Gasteiger partial charge in [-0.25, -0.2) is 9.18 Å². The van der Waals surface area contributed by atoms with Gasteiger partial charge in [-0.05, 0) is 36.4 Å². The quantitative estimate of drug-likeness (QED) is 0.890. The largest absolute Gasteiger partial charge is 0.368 e. The van der Waals surface area contributed by atoms with Gasteiger partial charge in [0.15, 0.2) is 0 Å². The first kappa shape index (κ1) is 17.1. The van der Waals surface area contributed by atoms with Crippen LogP contribution < -0.4 is 10.2 Å². The molecule has 3 rings (SSSR count). The van der Waals surface area contributed by atoms with Crippen molar-refractivity contribution in [1.29, 1.82) is 5.26 Å². The highest BCUT2D eigenvalue weighted by molar-refractivity contribution is 6.31. The van der Waals surface area contributed by atoms with Crippen LogP contribution in [0.15, 0.2) is 42.5 Å². The average molecular weight is 359 g/mol. The first-order valence-electron chi connectivity index (χ1n) is 7.83. The predicted molar refractivity (Wildman–Crippen MR) is 95.4 cm³/mol. The fourth-order valence-electron chi connectivity index (χ4n) is 2.72. The van der Waals surface area contributed by atoms with Gasteiger partial charge in [0.25, 0.3) is 0 Å². The Kier molecular flexibility index (Phi) is 5.05. The van der Waals surface area contributed by atoms with Crippen LogP contribution in [0, 0.1) is 17.1 Å². The highest BCUT2D eigenvalue weighted by atomic mass is 35.5. The fraction of sp³-hybridized carbons (Fsp3) is 0.222. The zero-order valence-corrected chi connectivity index (χ0v) is 14.1. The van der Waals surface area contributed by atoms with E-state index in [1.54, 1.807) is 41.3 Å². The first-order valence-corrected chi connectivity index (χ1v) is 8.21. The maximum Gasteiger partial charge on any atom is 0.321 e. The van der Waals surface area contributed by atoms with E-state index in [2.05, 4.69) is 10.2 Å². The molecule has 2 aromatic carbocycles. The SMILES string of the molecule is N#Cc1cccc(NC(=O)N2CCN(c3ccc(F)c(Cl)c3)CC2)c1. The molecule has 0 bridgehead atoms. The van der Waals surface area contributed by atoms with E-state index in [1.807, 2.05) is 6.07 Å². The molecule has 0 saturated carbocycles. The van der Waals surface area contributed by atoms with Crippen molar-refractivity contribution in [2.24, 2.45) is 0 Å². The van der Waals surface area contributed by atoms with Crippen LogP contribution in [0.5, 0.6) is 0 Å². The summed E-state index contributed by atoms with van der Waals surface area (Å²) < 4.78 is 13.3. The van der Waals surface area contributed by atoms with Gasteiger partial charge in [-0.2, -0.15) is 5.26 Å². The Bertz CT molecular complexity index is 828. The Labute approximate surface area is 150 Å². The molecule has 25 heavy (non-hydrogen) atoms. The molecule has 1 aliphatic rings. The number of rotatable bonds is 2. The zero-order valence-electron chi connectivity index (χ0n) is 13.4. The van der Waals surface area contributed by atoms with Gasteiger partial charge in [0.2, 0.25) is 0 Å². The highest BCUT2D eigenvalue weighted by Crippen LogP contribution is 2.23. The van der Waals surface area contributed by atoms with Gasteiger partial charge in [0.05, 0.1) is 16.7 Å². The third-order valence-corrected chi connectivity index (χ3v) is 4.37. The Morgan fingerprint density at radius 1 is 1.16 bits per heavy atom. The molecule has 0 radical (unpaired) electrons. The molecule has 7 heteroatoms. The molecule has 1 fully saturated rings. The lowest BCUT2D eigenvalue weighted by Gasteiger charge is -2.36. The minimum atomic E-state index is -0.442. The maximum absolute atomic E-state index is 13.3. The molecular formula is C18H16ClFN4O. The Morgan fingerprint density at radius 3 is 2.60 bits per heavy atom. The molecule has 5 nitrogen and oxygen atoms in total. The van der Waals surface area contributed by atoms with Gasteiger partial charge in [-0.3, -0.25) is 0 Å². The normalized spacial score (nSPS) is 14.1. The van der Waals surface area contributed by atoms with Crippen LogP contribution in [-0.2, 0) is 0 Å². The lowest BCUT2D eigenvalue weighted by molar-refractivity contribution is 0.208. The number of nitriles is 1. The molecule has 0 spiro atoms. The lowest BCUT2D eigenvalue weighted by Crippen LogP contribution is -2.50. The summed E-state index contributed by atoms with van der Waals surface area (Å²) in [4.78, 5) is 16.1. The van der Waals surface area contributed by atoms with Crippen LogP contribution in [0.1, 0.15) is 5.56 Å². The summed E-state index contributed by atoms with van der Waals surface area (Å²) in [7, 11) is 0. The van der Waals surface area contributed by atoms with Crippen LogP contribution >= 0.6 is 11.6 Å². The van der Waals surface area contributed by atoms with E-state index in [0.29, 0.717) is 37.4 Å². The third kappa shape index (κ3) is 4.01. The lowest BCUT2D eigenvalue weighted by atomic mass is 10.2. The molecule has 2 amide bonds. The molecule has 0 aliphatic carbocycles. The Hall–Kier alpha value is -2.78. The topological polar surface area (TPSA) is 59.4 Å². The van der Waals surface area contributed by atoms with Crippen LogP contribution in [0.3, 0.4) is 0 Å². The number of nitrogens with zero attached hydrogens (tertiary/aromatic N) is 3. The zero-order chi connectivity index (χ0) is 17.8. The molecule has 1 saturated heterocycles. The predicted octanol–water partition coefficient (Wildman–Crippen LogP) is 3.70. The van der Waals surface area contributed by atoms with Crippen LogP contribution in [-0.4, -0.2) is 37.1 Å². The van der Waals surface area contributed by atoms with Crippen molar-refractivity contribution >= 4 is 29.0 Å². The van der Waals surface area contributed by atoms with Crippen molar-refractivity contribution in [3.63, 3.8) is 0 Å². The Morgan fingerprint density at radius 2 is 1.92 bits per heavy atom. The van der Waals surface area contributed by atoms with Crippen molar-refractivity contribution in [3.8, 4) is 6.07 Å². The second-order valence-corrected chi connectivity index (χ2v) is 6.10. The highest BCUT2D eigenvalue weighted by Gasteiger charge is 2.21. The maximum atomic E-state index is 13.3. The van der Waals surface area contributed by atoms with E-state index < -0.39 is 5.82 Å². The van der Waals surface area contributed by atoms with Crippen molar-refractivity contribution in [2.75, 3.05) is 36.4 Å². The van der Waals surface area contributed by atoms with E-state index in [0.717, 1.165) is 5.69 Å². The van der Waals surface area contributed by atoms with E-state index >= 15 is 0 Å². The van der Waals surface area contributed by atoms with Crippen LogP contribution in [0.2, 0.25) is 5.02 Å². The smallest absolute Gasteiger partial charge is 0.321 e. The van der Waals surface area contributed by atoms with Gasteiger partial charge in [-0.1, -0.05) is 17.7 Å². The molecule has 128 valence electrons. The number of hydrogen-bond donors (Lipinski definition) is 1. The average Bonchev–Trinajstić information content (AvgIpc) is 2.64. The molecule has 0 atom stereocenters. The molecule has 1 heterocycles. The second-order valence-electron chi connectivity index (χ2n) is 5.70. The van der Waals surface area contributed by atoms with Crippen LogP contribution in [0.4, 0.5) is 20.6 Å². The minimum Gasteiger partial charge on any atom is -0.368 e. The number of carbonyl (C=O) groups is 1.